The normalized spacial score (nSPS) is 10.0. The van der Waals surface area contributed by atoms with Crippen LogP contribution in [0.4, 0.5) is 0 Å². The Bertz CT molecular complexity index is 485. The molecule has 0 aliphatic rings. The van der Waals surface area contributed by atoms with Crippen LogP contribution in [0.2, 0.25) is 0 Å². The van der Waals surface area contributed by atoms with Gasteiger partial charge in [-0.05, 0) is 33.6 Å². The number of Topliss-reactive ketones (excluding diaryl/α,β-unsaturated/α-hetero) is 4. The first kappa shape index (κ1) is 16.8. The van der Waals surface area contributed by atoms with Crippen LogP contribution >= 0.6 is 0 Å². The second-order valence-electron chi connectivity index (χ2n) is 4.26. The van der Waals surface area contributed by atoms with Crippen LogP contribution < -0.4 is 0 Å². The maximum Gasteiger partial charge on any atom is 0.146 e. The fraction of sp³-hybridized carbons (Fsp3) is 0.462. The van der Waals surface area contributed by atoms with Gasteiger partial charge in [0.15, 0.2) is 0 Å². The average Bonchev–Trinajstić information content (AvgIpc) is 2.22. The minimum absolute atomic E-state index is 0.324. The van der Waals surface area contributed by atoms with Crippen molar-refractivity contribution in [2.45, 2.75) is 27.7 Å². The predicted molar refractivity (Wildman–Crippen MR) is 68.7 cm³/mol. The van der Waals surface area contributed by atoms with Crippen LogP contribution in [0.15, 0.2) is 5.57 Å². The summed E-state index contributed by atoms with van der Waals surface area (Å²) in [5, 5.41) is 14.9. The van der Waals surface area contributed by atoms with E-state index in [4.69, 9.17) is 10.8 Å². The zero-order chi connectivity index (χ0) is 15.3. The predicted octanol–water partition coefficient (Wildman–Crippen LogP) is 0.769. The number of carbonyl (C=O) groups is 4. The van der Waals surface area contributed by atoms with Crippen molar-refractivity contribution in [1.29, 1.82) is 10.8 Å². The van der Waals surface area contributed by atoms with Gasteiger partial charge in [0.1, 0.15) is 35.0 Å². The fourth-order valence-electron chi connectivity index (χ4n) is 1.84. The Morgan fingerprint density at radius 1 is 0.789 bits per heavy atom. The van der Waals surface area contributed by atoms with Gasteiger partial charge in [0.2, 0.25) is 0 Å². The van der Waals surface area contributed by atoms with E-state index in [-0.39, 0.29) is 5.57 Å². The Morgan fingerprint density at radius 2 is 1.11 bits per heavy atom. The van der Waals surface area contributed by atoms with Gasteiger partial charge in [-0.2, -0.15) is 0 Å². The first-order valence-corrected chi connectivity index (χ1v) is 5.55. The van der Waals surface area contributed by atoms with Gasteiger partial charge < -0.3 is 5.41 Å². The first-order chi connectivity index (χ1) is 8.64. The second kappa shape index (κ2) is 6.66. The van der Waals surface area contributed by atoms with Gasteiger partial charge >= 0.3 is 0 Å². The van der Waals surface area contributed by atoms with Crippen LogP contribution in [-0.4, -0.2) is 34.7 Å². The van der Waals surface area contributed by atoms with Crippen LogP contribution in [0.1, 0.15) is 27.7 Å². The Balaban J connectivity index is 5.74. The zero-order valence-corrected chi connectivity index (χ0v) is 11.3. The molecule has 0 aromatic carbocycles. The Kier molecular flexibility index (Phi) is 5.89. The van der Waals surface area contributed by atoms with Crippen molar-refractivity contribution >= 4 is 34.7 Å². The quantitative estimate of drug-likeness (QED) is 0.521. The van der Waals surface area contributed by atoms with Gasteiger partial charge in [0, 0.05) is 0 Å². The number of nitrogens with one attached hydrogen (secondary N) is 2. The van der Waals surface area contributed by atoms with E-state index in [2.05, 4.69) is 0 Å². The van der Waals surface area contributed by atoms with Crippen molar-refractivity contribution in [2.24, 2.45) is 11.8 Å². The van der Waals surface area contributed by atoms with E-state index < -0.39 is 40.7 Å². The molecule has 0 atom stereocenters. The molecule has 0 aromatic rings. The monoisotopic (exact) mass is 264 g/mol. The van der Waals surface area contributed by atoms with Gasteiger partial charge in [-0.1, -0.05) is 0 Å². The molecule has 6 nitrogen and oxygen atoms in total. The maximum atomic E-state index is 11.4. The van der Waals surface area contributed by atoms with Crippen molar-refractivity contribution in [3.8, 4) is 0 Å². The third-order valence-electron chi connectivity index (χ3n) is 2.63. The Labute approximate surface area is 110 Å². The summed E-state index contributed by atoms with van der Waals surface area (Å²) in [4.78, 5) is 45.6. The summed E-state index contributed by atoms with van der Waals surface area (Å²) < 4.78 is 0. The molecule has 0 heterocycles. The fourth-order valence-corrected chi connectivity index (χ4v) is 1.84. The van der Waals surface area contributed by atoms with Gasteiger partial charge in [-0.3, -0.25) is 24.6 Å². The Morgan fingerprint density at radius 3 is 1.32 bits per heavy atom. The molecule has 19 heavy (non-hydrogen) atoms. The van der Waals surface area contributed by atoms with Crippen LogP contribution in [0.3, 0.4) is 0 Å². The van der Waals surface area contributed by atoms with Gasteiger partial charge in [-0.25, -0.2) is 0 Å². The molecule has 0 aromatic heterocycles. The molecule has 0 unspecified atom stereocenters. The van der Waals surface area contributed by atoms with Gasteiger partial charge in [0.05, 0.1) is 11.3 Å². The van der Waals surface area contributed by atoms with E-state index in [0.717, 1.165) is 27.7 Å². The van der Waals surface area contributed by atoms with Crippen LogP contribution in [-0.2, 0) is 19.2 Å². The smallest absolute Gasteiger partial charge is 0.146 e. The molecule has 102 valence electrons. The number of ketones is 4. The van der Waals surface area contributed by atoms with Crippen molar-refractivity contribution in [1.82, 2.24) is 0 Å². The van der Waals surface area contributed by atoms with Crippen LogP contribution in [0.25, 0.3) is 0 Å². The summed E-state index contributed by atoms with van der Waals surface area (Å²) in [5.41, 5.74) is -0.833. The Hall–Kier alpha value is -2.20. The lowest BCUT2D eigenvalue weighted by Gasteiger charge is -2.17. The molecule has 0 fully saturated rings. The minimum atomic E-state index is -1.37. The van der Waals surface area contributed by atoms with Crippen LogP contribution in [0.5, 0.6) is 0 Å². The van der Waals surface area contributed by atoms with Gasteiger partial charge in [-0.15, -0.1) is 0 Å². The summed E-state index contributed by atoms with van der Waals surface area (Å²) in [6, 6.07) is 0. The third-order valence-corrected chi connectivity index (χ3v) is 2.63. The van der Waals surface area contributed by atoms with Crippen molar-refractivity contribution in [3.05, 3.63) is 5.57 Å². The standard InChI is InChI=1S/C13H16N2O4/c1-6(16)11(7(2)17)10(5-14)13(15)12(8(3)18)9(4)19/h11-12,14-15H,1-4H3. The van der Waals surface area contributed by atoms with Gasteiger partial charge in [0.25, 0.3) is 0 Å². The molecule has 6 heteroatoms. The summed E-state index contributed by atoms with van der Waals surface area (Å²) >= 11 is 0. The lowest BCUT2D eigenvalue weighted by molar-refractivity contribution is -0.130. The molecular formula is C13H16N2O4. The minimum Gasteiger partial charge on any atom is -0.303 e. The maximum absolute atomic E-state index is 11.4. The summed E-state index contributed by atoms with van der Waals surface area (Å²) in [5.74, 6) is -3.10. The van der Waals surface area contributed by atoms with Crippen molar-refractivity contribution < 1.29 is 19.2 Å². The number of carbonyl (C=O) groups excluding carboxylic acids is 4. The van der Waals surface area contributed by atoms with Crippen LogP contribution in [0, 0.1) is 22.7 Å². The molecule has 0 aliphatic heterocycles. The summed E-state index contributed by atoms with van der Waals surface area (Å²) in [7, 11) is 0. The number of hydrogen-bond acceptors (Lipinski definition) is 6. The average molecular weight is 264 g/mol. The molecule has 0 bridgehead atoms. The lowest BCUT2D eigenvalue weighted by Crippen LogP contribution is -2.35. The highest BCUT2D eigenvalue weighted by molar-refractivity contribution is 6.29. The highest BCUT2D eigenvalue weighted by Gasteiger charge is 2.34. The lowest BCUT2D eigenvalue weighted by atomic mass is 9.82. The molecule has 0 rings (SSSR count). The molecule has 0 amide bonds. The second-order valence-corrected chi connectivity index (χ2v) is 4.26. The van der Waals surface area contributed by atoms with E-state index in [9.17, 15) is 19.2 Å². The molecule has 0 aliphatic carbocycles. The number of rotatable bonds is 7. The van der Waals surface area contributed by atoms with E-state index in [0.29, 0.717) is 0 Å². The van der Waals surface area contributed by atoms with E-state index in [1.54, 1.807) is 0 Å². The molecule has 0 radical (unpaired) electrons. The highest BCUT2D eigenvalue weighted by Crippen LogP contribution is 2.18. The van der Waals surface area contributed by atoms with E-state index in [1.165, 1.54) is 0 Å². The van der Waals surface area contributed by atoms with Crippen molar-refractivity contribution in [2.75, 3.05) is 0 Å². The first-order valence-electron chi connectivity index (χ1n) is 5.55. The molecular weight excluding hydrogens is 248 g/mol. The number of hydrogen-bond donors (Lipinski definition) is 2. The van der Waals surface area contributed by atoms with E-state index >= 15 is 0 Å². The third kappa shape index (κ3) is 3.89. The summed E-state index contributed by atoms with van der Waals surface area (Å²) in [6.45, 7) is 4.57. The summed E-state index contributed by atoms with van der Waals surface area (Å²) in [6.07, 6.45) is 0. The SMILES string of the molecule is CC(=O)C(C(=N)C(=C=N)C(C(C)=O)C(C)=O)C(C)=O. The molecule has 2 N–H and O–H groups in total. The molecule has 0 saturated heterocycles. The number of allylic oxidation sites excluding steroid dienone is 1. The molecule has 0 spiro atoms. The molecule has 0 saturated carbocycles. The van der Waals surface area contributed by atoms with Crippen molar-refractivity contribution in [3.63, 3.8) is 0 Å². The largest absolute Gasteiger partial charge is 0.303 e. The topological polar surface area (TPSA) is 116 Å². The van der Waals surface area contributed by atoms with E-state index in [1.807, 2.05) is 5.87 Å². The zero-order valence-electron chi connectivity index (χ0n) is 11.3. The highest BCUT2D eigenvalue weighted by atomic mass is 16.2.